The lowest BCUT2D eigenvalue weighted by molar-refractivity contribution is 0.628. The van der Waals surface area contributed by atoms with Crippen molar-refractivity contribution in [1.82, 2.24) is 9.97 Å². The van der Waals surface area contributed by atoms with Gasteiger partial charge in [0.25, 0.3) is 0 Å². The van der Waals surface area contributed by atoms with Gasteiger partial charge in [0.15, 0.2) is 0 Å². The Morgan fingerprint density at radius 2 is 1.95 bits per heavy atom. The lowest BCUT2D eigenvalue weighted by atomic mass is 10.2. The summed E-state index contributed by atoms with van der Waals surface area (Å²) in [6.45, 7) is 2.60. The molecular formula is C12H15FN6. The molecule has 6 nitrogen and oxygen atoms in total. The average Bonchev–Trinajstić information content (AvgIpc) is 2.41. The van der Waals surface area contributed by atoms with Gasteiger partial charge >= 0.3 is 0 Å². The number of nitrogens with zero attached hydrogens (tertiary/aromatic N) is 3. The highest BCUT2D eigenvalue weighted by atomic mass is 19.1. The smallest absolute Gasteiger partial charge is 0.224 e. The monoisotopic (exact) mass is 262 g/mol. The van der Waals surface area contributed by atoms with E-state index < -0.39 is 0 Å². The number of hydrogen-bond donors (Lipinski definition) is 3. The minimum absolute atomic E-state index is 0.117. The van der Waals surface area contributed by atoms with Crippen molar-refractivity contribution in [2.75, 3.05) is 22.6 Å². The zero-order chi connectivity index (χ0) is 13.8. The molecule has 7 heteroatoms. The highest BCUT2D eigenvalue weighted by molar-refractivity contribution is 5.63. The molecule has 0 saturated heterocycles. The van der Waals surface area contributed by atoms with Crippen molar-refractivity contribution in [3.05, 3.63) is 36.1 Å². The van der Waals surface area contributed by atoms with Gasteiger partial charge < -0.3 is 16.1 Å². The van der Waals surface area contributed by atoms with Crippen molar-refractivity contribution in [1.29, 1.82) is 0 Å². The number of halogens is 1. The summed E-state index contributed by atoms with van der Waals surface area (Å²) >= 11 is 0. The molecule has 2 rings (SSSR count). The maximum Gasteiger partial charge on any atom is 0.224 e. The van der Waals surface area contributed by atoms with Crippen LogP contribution in [0.2, 0.25) is 0 Å². The molecule has 0 atom stereocenters. The zero-order valence-corrected chi connectivity index (χ0v) is 10.5. The van der Waals surface area contributed by atoms with Crippen molar-refractivity contribution in [3.8, 4) is 0 Å². The van der Waals surface area contributed by atoms with E-state index in [1.165, 1.54) is 12.1 Å². The van der Waals surface area contributed by atoms with Crippen molar-refractivity contribution in [2.45, 2.75) is 6.92 Å². The number of rotatable bonds is 4. The summed E-state index contributed by atoms with van der Waals surface area (Å²) in [6.07, 6.45) is 0. The Hall–Kier alpha value is -2.41. The third-order valence-electron chi connectivity index (χ3n) is 2.61. The van der Waals surface area contributed by atoms with Crippen LogP contribution in [-0.4, -0.2) is 16.5 Å². The second-order valence-electron chi connectivity index (χ2n) is 3.83. The van der Waals surface area contributed by atoms with E-state index in [1.807, 2.05) is 11.8 Å². The maximum atomic E-state index is 12.9. The van der Waals surface area contributed by atoms with Crippen LogP contribution in [0.15, 0.2) is 30.3 Å². The number of nitrogens with one attached hydrogen (secondary N) is 1. The molecule has 0 bridgehead atoms. The van der Waals surface area contributed by atoms with Gasteiger partial charge in [-0.25, -0.2) is 10.2 Å². The molecule has 1 heterocycles. The van der Waals surface area contributed by atoms with Gasteiger partial charge in [0, 0.05) is 18.3 Å². The molecule has 0 spiro atoms. The van der Waals surface area contributed by atoms with Crippen LogP contribution in [0.25, 0.3) is 0 Å². The summed E-state index contributed by atoms with van der Waals surface area (Å²) < 4.78 is 12.9. The predicted octanol–water partition coefficient (Wildman–Crippen LogP) is 1.64. The summed E-state index contributed by atoms with van der Waals surface area (Å²) in [7, 11) is 0. The van der Waals surface area contributed by atoms with E-state index in [0.717, 1.165) is 5.69 Å². The van der Waals surface area contributed by atoms with Crippen molar-refractivity contribution in [2.24, 2.45) is 5.84 Å². The number of anilines is 4. The third-order valence-corrected chi connectivity index (χ3v) is 2.61. The first-order valence-electron chi connectivity index (χ1n) is 5.78. The fourth-order valence-electron chi connectivity index (χ4n) is 1.76. The summed E-state index contributed by atoms with van der Waals surface area (Å²) in [5.74, 6) is 6.17. The Balaban J connectivity index is 2.41. The van der Waals surface area contributed by atoms with Crippen LogP contribution in [0.1, 0.15) is 6.92 Å². The summed E-state index contributed by atoms with van der Waals surface area (Å²) in [6, 6.07) is 7.80. The number of hydrazine groups is 1. The average molecular weight is 262 g/mol. The molecular weight excluding hydrogens is 247 g/mol. The van der Waals surface area contributed by atoms with Crippen LogP contribution in [0, 0.1) is 5.82 Å². The minimum atomic E-state index is -0.286. The van der Waals surface area contributed by atoms with E-state index in [4.69, 9.17) is 11.6 Å². The Bertz CT molecular complexity index is 557. The molecule has 0 aliphatic heterocycles. The fraction of sp³-hybridized carbons (Fsp3) is 0.167. The Morgan fingerprint density at radius 3 is 2.53 bits per heavy atom. The van der Waals surface area contributed by atoms with Gasteiger partial charge in [-0.3, -0.25) is 0 Å². The number of benzene rings is 1. The summed E-state index contributed by atoms with van der Waals surface area (Å²) in [5.41, 5.74) is 8.87. The molecule has 2 aromatic rings. The van der Waals surface area contributed by atoms with Gasteiger partial charge in [0.1, 0.15) is 17.5 Å². The van der Waals surface area contributed by atoms with Crippen molar-refractivity contribution < 1.29 is 4.39 Å². The lowest BCUT2D eigenvalue weighted by Gasteiger charge is -2.22. The van der Waals surface area contributed by atoms with Crippen LogP contribution >= 0.6 is 0 Å². The number of hydrogen-bond acceptors (Lipinski definition) is 6. The third kappa shape index (κ3) is 2.89. The topological polar surface area (TPSA) is 93.1 Å². The van der Waals surface area contributed by atoms with Gasteiger partial charge in [-0.15, -0.1) is 0 Å². The molecule has 0 amide bonds. The largest absolute Gasteiger partial charge is 0.368 e. The van der Waals surface area contributed by atoms with Crippen LogP contribution in [0.5, 0.6) is 0 Å². The van der Waals surface area contributed by atoms with Crippen LogP contribution in [0.4, 0.5) is 27.7 Å². The molecule has 0 fully saturated rings. The summed E-state index contributed by atoms with van der Waals surface area (Å²) in [4.78, 5) is 9.95. The first-order chi connectivity index (χ1) is 9.13. The van der Waals surface area contributed by atoms with Crippen LogP contribution < -0.4 is 21.9 Å². The molecule has 0 radical (unpaired) electrons. The van der Waals surface area contributed by atoms with E-state index in [0.29, 0.717) is 18.2 Å². The normalized spacial score (nSPS) is 10.3. The number of aromatic nitrogens is 2. The van der Waals surface area contributed by atoms with E-state index in [2.05, 4.69) is 15.4 Å². The first kappa shape index (κ1) is 13.0. The molecule has 0 unspecified atom stereocenters. The quantitative estimate of drug-likeness (QED) is 0.573. The van der Waals surface area contributed by atoms with Crippen molar-refractivity contribution >= 4 is 23.3 Å². The van der Waals surface area contributed by atoms with Gasteiger partial charge in [0.05, 0.1) is 0 Å². The highest BCUT2D eigenvalue weighted by Crippen LogP contribution is 2.25. The second-order valence-corrected chi connectivity index (χ2v) is 3.83. The Morgan fingerprint density at radius 1 is 1.26 bits per heavy atom. The molecule has 1 aromatic heterocycles. The number of nitrogens with two attached hydrogens (primary N) is 2. The van der Waals surface area contributed by atoms with Gasteiger partial charge in [-0.2, -0.15) is 9.97 Å². The molecule has 0 saturated carbocycles. The Kier molecular flexibility index (Phi) is 3.76. The Labute approximate surface area is 110 Å². The fourth-order valence-corrected chi connectivity index (χ4v) is 1.76. The predicted molar refractivity (Wildman–Crippen MR) is 73.3 cm³/mol. The van der Waals surface area contributed by atoms with Crippen LogP contribution in [-0.2, 0) is 0 Å². The zero-order valence-electron chi connectivity index (χ0n) is 10.5. The molecule has 1 aromatic carbocycles. The standard InChI is InChI=1S/C12H15FN6/c1-2-19(9-5-3-8(13)4-6-9)11-7-10(18-15)16-12(14)17-11/h3-7H,2,15H2,1H3,(H3,14,16,17,18). The van der Waals surface area contributed by atoms with Gasteiger partial charge in [-0.05, 0) is 31.2 Å². The van der Waals surface area contributed by atoms with E-state index in [1.54, 1.807) is 18.2 Å². The number of nitrogen functional groups attached to an aromatic ring is 2. The SMILES string of the molecule is CCN(c1ccc(F)cc1)c1cc(NN)nc(N)n1. The molecule has 100 valence electrons. The molecule has 0 aliphatic carbocycles. The lowest BCUT2D eigenvalue weighted by Crippen LogP contribution is -2.19. The maximum absolute atomic E-state index is 12.9. The van der Waals surface area contributed by atoms with Gasteiger partial charge in [-0.1, -0.05) is 0 Å². The van der Waals surface area contributed by atoms with Crippen LogP contribution in [0.3, 0.4) is 0 Å². The molecule has 19 heavy (non-hydrogen) atoms. The van der Waals surface area contributed by atoms with E-state index >= 15 is 0 Å². The molecule has 5 N–H and O–H groups in total. The molecule has 0 aliphatic rings. The van der Waals surface area contributed by atoms with Crippen molar-refractivity contribution in [3.63, 3.8) is 0 Å². The second kappa shape index (κ2) is 5.49. The highest BCUT2D eigenvalue weighted by Gasteiger charge is 2.11. The van der Waals surface area contributed by atoms with Gasteiger partial charge in [0.2, 0.25) is 5.95 Å². The van der Waals surface area contributed by atoms with E-state index in [9.17, 15) is 4.39 Å². The summed E-state index contributed by atoms with van der Waals surface area (Å²) in [5, 5.41) is 0. The minimum Gasteiger partial charge on any atom is -0.368 e. The van der Waals surface area contributed by atoms with E-state index in [-0.39, 0.29) is 11.8 Å². The first-order valence-corrected chi connectivity index (χ1v) is 5.78.